The van der Waals surface area contributed by atoms with E-state index >= 15 is 0 Å². The molecule has 0 aromatic heterocycles. The topological polar surface area (TPSA) is 64.6 Å². The third kappa shape index (κ3) is 6.43. The highest BCUT2D eigenvalue weighted by Gasteiger charge is 2.08. The second kappa shape index (κ2) is 9.60. The van der Waals surface area contributed by atoms with E-state index in [9.17, 15) is 9.59 Å². The molecule has 1 aromatic carbocycles. The van der Waals surface area contributed by atoms with Gasteiger partial charge in [-0.3, -0.25) is 4.79 Å². The van der Waals surface area contributed by atoms with Gasteiger partial charge in [0.1, 0.15) is 5.75 Å². The summed E-state index contributed by atoms with van der Waals surface area (Å²) in [6, 6.07) is 7.39. The van der Waals surface area contributed by atoms with Gasteiger partial charge in [0.05, 0.1) is 7.11 Å². The van der Waals surface area contributed by atoms with Crippen LogP contribution in [0.15, 0.2) is 30.3 Å². The first-order valence-corrected chi connectivity index (χ1v) is 7.34. The zero-order chi connectivity index (χ0) is 16.4. The van der Waals surface area contributed by atoms with Crippen LogP contribution in [0.5, 0.6) is 5.75 Å². The molecule has 0 radical (unpaired) electrons. The predicted octanol–water partition coefficient (Wildman–Crippen LogP) is 2.56. The maximum atomic E-state index is 11.6. The highest BCUT2D eigenvalue weighted by molar-refractivity contribution is 5.89. The molecule has 1 N–H and O–H groups in total. The molecular formula is C17H23NO4. The number of carbonyl (C=O) groups excluding carboxylic acids is 2. The summed E-state index contributed by atoms with van der Waals surface area (Å²) in [7, 11) is 1.56. The van der Waals surface area contributed by atoms with E-state index in [-0.39, 0.29) is 18.6 Å². The largest absolute Gasteiger partial charge is 0.496 e. The first-order chi connectivity index (χ1) is 10.6. The Balaban J connectivity index is 2.43. The van der Waals surface area contributed by atoms with Gasteiger partial charge < -0.3 is 14.8 Å². The maximum absolute atomic E-state index is 11.6. The summed E-state index contributed by atoms with van der Waals surface area (Å²) in [4.78, 5) is 23.2. The number of esters is 1. The molecule has 1 amide bonds. The number of methoxy groups -OCH3 is 1. The van der Waals surface area contributed by atoms with Crippen molar-refractivity contribution in [3.8, 4) is 5.75 Å². The number of amides is 1. The lowest BCUT2D eigenvalue weighted by Gasteiger charge is -2.12. The summed E-state index contributed by atoms with van der Waals surface area (Å²) in [5, 5.41) is 2.77. The number of hydrogen-bond donors (Lipinski definition) is 1. The van der Waals surface area contributed by atoms with Crippen LogP contribution in [0.2, 0.25) is 0 Å². The zero-order valence-electron chi connectivity index (χ0n) is 13.3. The van der Waals surface area contributed by atoms with Gasteiger partial charge in [-0.05, 0) is 25.5 Å². The van der Waals surface area contributed by atoms with Crippen molar-refractivity contribution in [1.82, 2.24) is 5.32 Å². The molecule has 0 saturated carbocycles. The highest BCUT2D eigenvalue weighted by atomic mass is 16.5. The van der Waals surface area contributed by atoms with E-state index in [1.807, 2.05) is 32.0 Å². The van der Waals surface area contributed by atoms with Crippen molar-refractivity contribution in [2.45, 2.75) is 32.7 Å². The van der Waals surface area contributed by atoms with Crippen LogP contribution in [-0.2, 0) is 14.3 Å². The number of rotatable bonds is 8. The van der Waals surface area contributed by atoms with E-state index in [4.69, 9.17) is 9.47 Å². The molecule has 0 saturated heterocycles. The lowest BCUT2D eigenvalue weighted by atomic mass is 10.2. The van der Waals surface area contributed by atoms with Crippen molar-refractivity contribution in [3.63, 3.8) is 0 Å². The average molecular weight is 305 g/mol. The van der Waals surface area contributed by atoms with Crippen molar-refractivity contribution < 1.29 is 19.1 Å². The van der Waals surface area contributed by atoms with Gasteiger partial charge >= 0.3 is 5.97 Å². The van der Waals surface area contributed by atoms with Gasteiger partial charge in [0.15, 0.2) is 6.61 Å². The molecule has 0 heterocycles. The normalized spacial score (nSPS) is 12.0. The van der Waals surface area contributed by atoms with Crippen molar-refractivity contribution in [3.05, 3.63) is 35.9 Å². The van der Waals surface area contributed by atoms with E-state index in [2.05, 4.69) is 5.32 Å². The first-order valence-electron chi connectivity index (χ1n) is 7.34. The van der Waals surface area contributed by atoms with Crippen LogP contribution in [0.4, 0.5) is 0 Å². The summed E-state index contributed by atoms with van der Waals surface area (Å²) >= 11 is 0. The molecule has 5 nitrogen and oxygen atoms in total. The van der Waals surface area contributed by atoms with Gasteiger partial charge in [-0.1, -0.05) is 31.5 Å². The van der Waals surface area contributed by atoms with Crippen molar-refractivity contribution in [2.24, 2.45) is 0 Å². The SMILES string of the molecule is CCC[C@H](C)NC(=O)COC(=O)/C=C/c1ccccc1OC. The van der Waals surface area contributed by atoms with Gasteiger partial charge in [-0.2, -0.15) is 0 Å². The first kappa shape index (κ1) is 17.8. The molecule has 0 spiro atoms. The standard InChI is InChI=1S/C17H23NO4/c1-4-7-13(2)18-16(19)12-22-17(20)11-10-14-8-5-6-9-15(14)21-3/h5-6,8-11,13H,4,7,12H2,1-3H3,(H,18,19)/b11-10+/t13-/m0/s1. The zero-order valence-corrected chi connectivity index (χ0v) is 13.3. The lowest BCUT2D eigenvalue weighted by molar-refractivity contribution is -0.144. The average Bonchev–Trinajstić information content (AvgIpc) is 2.51. The minimum atomic E-state index is -0.566. The van der Waals surface area contributed by atoms with Gasteiger partial charge in [0, 0.05) is 17.7 Å². The van der Waals surface area contributed by atoms with Crippen LogP contribution < -0.4 is 10.1 Å². The minimum Gasteiger partial charge on any atom is -0.496 e. The molecule has 120 valence electrons. The molecule has 0 aliphatic heterocycles. The van der Waals surface area contributed by atoms with E-state index in [1.165, 1.54) is 6.08 Å². The Morgan fingerprint density at radius 1 is 1.32 bits per heavy atom. The predicted molar refractivity (Wildman–Crippen MR) is 85.5 cm³/mol. The van der Waals surface area contributed by atoms with Crippen molar-refractivity contribution in [1.29, 1.82) is 0 Å². The van der Waals surface area contributed by atoms with Crippen LogP contribution in [0.25, 0.3) is 6.08 Å². The Bertz CT molecular complexity index is 525. The molecule has 22 heavy (non-hydrogen) atoms. The molecule has 0 unspecified atom stereocenters. The van der Waals surface area contributed by atoms with Crippen molar-refractivity contribution >= 4 is 18.0 Å². The molecule has 1 atom stereocenters. The van der Waals surface area contributed by atoms with E-state index < -0.39 is 5.97 Å². The summed E-state index contributed by atoms with van der Waals surface area (Å²) in [6.07, 6.45) is 4.76. The summed E-state index contributed by atoms with van der Waals surface area (Å²) in [5.74, 6) is -0.193. The van der Waals surface area contributed by atoms with E-state index in [0.29, 0.717) is 5.75 Å². The van der Waals surface area contributed by atoms with Crippen LogP contribution >= 0.6 is 0 Å². The Hall–Kier alpha value is -2.30. The van der Waals surface area contributed by atoms with Gasteiger partial charge in [-0.25, -0.2) is 4.79 Å². The fraction of sp³-hybridized carbons (Fsp3) is 0.412. The second-order valence-corrected chi connectivity index (χ2v) is 4.94. The quantitative estimate of drug-likeness (QED) is 0.592. The maximum Gasteiger partial charge on any atom is 0.331 e. The summed E-state index contributed by atoms with van der Waals surface area (Å²) in [6.45, 7) is 3.69. The number of hydrogen-bond acceptors (Lipinski definition) is 4. The summed E-state index contributed by atoms with van der Waals surface area (Å²) in [5.41, 5.74) is 0.767. The molecular weight excluding hydrogens is 282 g/mol. The number of nitrogens with one attached hydrogen (secondary N) is 1. The van der Waals surface area contributed by atoms with Gasteiger partial charge in [0.25, 0.3) is 5.91 Å². The third-order valence-electron chi connectivity index (χ3n) is 3.01. The monoisotopic (exact) mass is 305 g/mol. The van der Waals surface area contributed by atoms with Crippen LogP contribution in [0, 0.1) is 0 Å². The summed E-state index contributed by atoms with van der Waals surface area (Å²) < 4.78 is 10.1. The lowest BCUT2D eigenvalue weighted by Crippen LogP contribution is -2.35. The van der Waals surface area contributed by atoms with E-state index in [1.54, 1.807) is 19.3 Å². The fourth-order valence-corrected chi connectivity index (χ4v) is 1.97. The smallest absolute Gasteiger partial charge is 0.331 e. The number of para-hydroxylation sites is 1. The number of ether oxygens (including phenoxy) is 2. The van der Waals surface area contributed by atoms with E-state index in [0.717, 1.165) is 18.4 Å². The van der Waals surface area contributed by atoms with Crippen LogP contribution in [0.3, 0.4) is 0 Å². The fourth-order valence-electron chi connectivity index (χ4n) is 1.97. The third-order valence-corrected chi connectivity index (χ3v) is 3.01. The molecule has 0 aliphatic rings. The van der Waals surface area contributed by atoms with Crippen LogP contribution in [0.1, 0.15) is 32.3 Å². The number of carbonyl (C=O) groups is 2. The van der Waals surface area contributed by atoms with Crippen LogP contribution in [-0.4, -0.2) is 31.6 Å². The Labute approximate surface area is 131 Å². The number of benzene rings is 1. The second-order valence-electron chi connectivity index (χ2n) is 4.94. The molecule has 1 rings (SSSR count). The highest BCUT2D eigenvalue weighted by Crippen LogP contribution is 2.18. The minimum absolute atomic E-state index is 0.0836. The Morgan fingerprint density at radius 3 is 2.73 bits per heavy atom. The Morgan fingerprint density at radius 2 is 2.05 bits per heavy atom. The molecule has 0 aliphatic carbocycles. The van der Waals surface area contributed by atoms with Crippen molar-refractivity contribution in [2.75, 3.05) is 13.7 Å². The molecule has 5 heteroatoms. The van der Waals surface area contributed by atoms with Gasteiger partial charge in [-0.15, -0.1) is 0 Å². The molecule has 0 fully saturated rings. The Kier molecular flexibility index (Phi) is 7.75. The van der Waals surface area contributed by atoms with Gasteiger partial charge in [0.2, 0.25) is 0 Å². The molecule has 1 aromatic rings. The molecule has 0 bridgehead atoms.